The molecule has 1 unspecified atom stereocenters. The summed E-state index contributed by atoms with van der Waals surface area (Å²) in [5, 5.41) is 9.29. The van der Waals surface area contributed by atoms with E-state index in [1.165, 1.54) is 0 Å². The molecule has 0 aliphatic carbocycles. The second-order valence-electron chi connectivity index (χ2n) is 6.83. The fraction of sp³-hybridized carbons (Fsp3) is 0.562. The zero-order valence-electron chi connectivity index (χ0n) is 13.6. The van der Waals surface area contributed by atoms with Gasteiger partial charge in [0.1, 0.15) is 0 Å². The summed E-state index contributed by atoms with van der Waals surface area (Å²) in [7, 11) is -0.569. The molecule has 1 heterocycles. The number of hydrogen-bond acceptors (Lipinski definition) is 3. The second kappa shape index (κ2) is 5.98. The molecule has 1 aliphatic rings. The van der Waals surface area contributed by atoms with Gasteiger partial charge in [0.15, 0.2) is 0 Å². The topological polar surface area (TPSA) is 55.8 Å². The number of aliphatic carboxylic acids is 1. The molecule has 0 bridgehead atoms. The monoisotopic (exact) mass is 368 g/mol. The number of benzene rings is 1. The Labute approximate surface area is 140 Å². The quantitative estimate of drug-likeness (QED) is 0.817. The minimum absolute atomic E-state index is 0.0285. The van der Waals surface area contributed by atoms with Crippen LogP contribution in [0.25, 0.3) is 0 Å². The van der Waals surface area contributed by atoms with Crippen LogP contribution in [-0.2, 0) is 14.1 Å². The van der Waals surface area contributed by atoms with Crippen molar-refractivity contribution in [1.82, 2.24) is 0 Å². The lowest BCUT2D eigenvalue weighted by Gasteiger charge is -2.32. The van der Waals surface area contributed by atoms with Crippen molar-refractivity contribution in [3.05, 3.63) is 33.8 Å². The van der Waals surface area contributed by atoms with Gasteiger partial charge in [-0.2, -0.15) is 0 Å². The molecule has 1 atom stereocenters. The number of carboxylic acid groups (broad SMARTS) is 1. The van der Waals surface area contributed by atoms with Gasteiger partial charge in [-0.05, 0) is 57.9 Å². The molecule has 0 amide bonds. The van der Waals surface area contributed by atoms with Crippen LogP contribution >= 0.6 is 15.9 Å². The van der Waals surface area contributed by atoms with E-state index in [0.717, 1.165) is 15.6 Å². The first-order valence-electron chi connectivity index (χ1n) is 7.37. The molecule has 2 rings (SSSR count). The Morgan fingerprint density at radius 2 is 1.82 bits per heavy atom. The predicted molar refractivity (Wildman–Crippen MR) is 90.0 cm³/mol. The highest BCUT2D eigenvalue weighted by molar-refractivity contribution is 9.10. The van der Waals surface area contributed by atoms with Gasteiger partial charge in [0.05, 0.1) is 17.6 Å². The van der Waals surface area contributed by atoms with E-state index in [2.05, 4.69) is 15.9 Å². The minimum Gasteiger partial charge on any atom is -0.481 e. The number of aryl methyl sites for hydroxylation is 1. The third kappa shape index (κ3) is 3.39. The molecule has 120 valence electrons. The first-order chi connectivity index (χ1) is 10.0. The van der Waals surface area contributed by atoms with Gasteiger partial charge in [0.2, 0.25) is 0 Å². The van der Waals surface area contributed by atoms with Gasteiger partial charge >= 0.3 is 13.1 Å². The molecular weight excluding hydrogens is 347 g/mol. The Morgan fingerprint density at radius 1 is 1.27 bits per heavy atom. The van der Waals surface area contributed by atoms with Crippen LogP contribution in [0.3, 0.4) is 0 Å². The average Bonchev–Trinajstić information content (AvgIpc) is 2.56. The Hall–Kier alpha value is -0.845. The van der Waals surface area contributed by atoms with Crippen LogP contribution in [0.4, 0.5) is 0 Å². The lowest BCUT2D eigenvalue weighted by Crippen LogP contribution is -2.41. The zero-order chi connectivity index (χ0) is 16.7. The van der Waals surface area contributed by atoms with Crippen molar-refractivity contribution in [3.8, 4) is 0 Å². The van der Waals surface area contributed by atoms with Gasteiger partial charge in [-0.15, -0.1) is 0 Å². The molecule has 1 N–H and O–H groups in total. The average molecular weight is 369 g/mol. The maximum absolute atomic E-state index is 11.3. The van der Waals surface area contributed by atoms with E-state index in [0.29, 0.717) is 0 Å². The number of hydrogen-bond donors (Lipinski definition) is 1. The molecule has 1 fully saturated rings. The number of carbonyl (C=O) groups is 1. The van der Waals surface area contributed by atoms with E-state index in [9.17, 15) is 9.90 Å². The van der Waals surface area contributed by atoms with Crippen molar-refractivity contribution in [2.45, 2.75) is 58.1 Å². The lowest BCUT2D eigenvalue weighted by atomic mass is 9.65. The van der Waals surface area contributed by atoms with Crippen LogP contribution in [0.1, 0.15) is 51.1 Å². The summed E-state index contributed by atoms with van der Waals surface area (Å²) in [6.07, 6.45) is -0.0285. The Kier molecular flexibility index (Phi) is 4.76. The van der Waals surface area contributed by atoms with Gasteiger partial charge in [0, 0.05) is 10.3 Å². The molecule has 4 nitrogen and oxygen atoms in total. The zero-order valence-corrected chi connectivity index (χ0v) is 15.2. The second-order valence-corrected chi connectivity index (χ2v) is 7.75. The van der Waals surface area contributed by atoms with Gasteiger partial charge in [-0.25, -0.2) is 0 Å². The summed E-state index contributed by atoms with van der Waals surface area (Å²) in [6.45, 7) is 9.86. The molecular formula is C16H22BBrO4. The van der Waals surface area contributed by atoms with Crippen LogP contribution in [0.15, 0.2) is 22.7 Å². The van der Waals surface area contributed by atoms with Crippen molar-refractivity contribution < 1.29 is 19.2 Å². The Bertz CT molecular complexity index is 570. The van der Waals surface area contributed by atoms with Crippen LogP contribution in [-0.4, -0.2) is 29.4 Å². The van der Waals surface area contributed by atoms with Crippen LogP contribution < -0.4 is 0 Å². The molecule has 0 aromatic heterocycles. The first kappa shape index (κ1) is 17.5. The fourth-order valence-corrected chi connectivity index (χ4v) is 3.12. The van der Waals surface area contributed by atoms with E-state index >= 15 is 0 Å². The van der Waals surface area contributed by atoms with Crippen molar-refractivity contribution in [3.63, 3.8) is 0 Å². The van der Waals surface area contributed by atoms with Crippen LogP contribution in [0.5, 0.6) is 0 Å². The summed E-state index contributed by atoms with van der Waals surface area (Å²) in [5.41, 5.74) is 1.02. The molecule has 1 aliphatic heterocycles. The highest BCUT2D eigenvalue weighted by Gasteiger charge is 2.54. The minimum atomic E-state index is -0.859. The highest BCUT2D eigenvalue weighted by Crippen LogP contribution is 2.42. The summed E-state index contributed by atoms with van der Waals surface area (Å²) in [6, 6.07) is 5.84. The predicted octanol–water partition coefficient (Wildman–Crippen LogP) is 3.95. The highest BCUT2D eigenvalue weighted by atomic mass is 79.9. The van der Waals surface area contributed by atoms with Gasteiger partial charge in [-0.3, -0.25) is 4.79 Å². The molecule has 22 heavy (non-hydrogen) atoms. The number of halogens is 1. The standard InChI is InChI=1S/C16H22BBrO4/c1-10-8-11(18)6-7-12(10)13(9-14(19)20)17-21-15(2,3)16(4,5)22-17/h6-8,13H,9H2,1-5H3,(H,19,20). The van der Waals surface area contributed by atoms with Crippen LogP contribution in [0.2, 0.25) is 0 Å². The summed E-state index contributed by atoms with van der Waals surface area (Å²) < 4.78 is 13.1. The van der Waals surface area contributed by atoms with Crippen molar-refractivity contribution in [1.29, 1.82) is 0 Å². The van der Waals surface area contributed by atoms with Gasteiger partial charge < -0.3 is 14.4 Å². The molecule has 1 aromatic carbocycles. The SMILES string of the molecule is Cc1cc(Br)ccc1C(CC(=O)O)B1OC(C)(C)C(C)(C)O1. The lowest BCUT2D eigenvalue weighted by molar-refractivity contribution is -0.137. The van der Waals surface area contributed by atoms with Crippen molar-refractivity contribution in [2.75, 3.05) is 0 Å². The van der Waals surface area contributed by atoms with Gasteiger partial charge in [0.25, 0.3) is 0 Å². The summed E-state index contributed by atoms with van der Waals surface area (Å²) in [4.78, 5) is 11.3. The molecule has 0 saturated carbocycles. The third-order valence-corrected chi connectivity index (χ3v) is 5.12. The maximum atomic E-state index is 11.3. The van der Waals surface area contributed by atoms with Crippen LogP contribution in [0, 0.1) is 6.92 Å². The molecule has 1 saturated heterocycles. The van der Waals surface area contributed by atoms with Gasteiger partial charge in [-0.1, -0.05) is 22.0 Å². The smallest absolute Gasteiger partial charge is 0.466 e. The number of rotatable bonds is 4. The summed E-state index contributed by atoms with van der Waals surface area (Å²) in [5.74, 6) is -1.20. The fourth-order valence-electron chi connectivity index (χ4n) is 2.65. The molecule has 0 spiro atoms. The molecule has 0 radical (unpaired) electrons. The Morgan fingerprint density at radius 3 is 2.27 bits per heavy atom. The normalized spacial score (nSPS) is 20.9. The number of carboxylic acids is 1. The van der Waals surface area contributed by atoms with E-state index in [1.807, 2.05) is 52.8 Å². The van der Waals surface area contributed by atoms with E-state index < -0.39 is 24.3 Å². The molecule has 1 aromatic rings. The van der Waals surface area contributed by atoms with E-state index in [1.54, 1.807) is 0 Å². The Balaban J connectivity index is 2.38. The van der Waals surface area contributed by atoms with E-state index in [4.69, 9.17) is 9.31 Å². The first-order valence-corrected chi connectivity index (χ1v) is 8.16. The van der Waals surface area contributed by atoms with E-state index in [-0.39, 0.29) is 12.2 Å². The maximum Gasteiger partial charge on any atom is 0.466 e. The van der Waals surface area contributed by atoms with Crippen molar-refractivity contribution >= 4 is 29.0 Å². The summed E-state index contributed by atoms with van der Waals surface area (Å²) >= 11 is 3.44. The third-order valence-electron chi connectivity index (χ3n) is 4.63. The molecule has 6 heteroatoms. The largest absolute Gasteiger partial charge is 0.481 e. The van der Waals surface area contributed by atoms with Crippen molar-refractivity contribution in [2.24, 2.45) is 0 Å².